The van der Waals surface area contributed by atoms with Crippen molar-refractivity contribution in [1.29, 1.82) is 0 Å². The van der Waals surface area contributed by atoms with Gasteiger partial charge in [0.1, 0.15) is 5.75 Å². The van der Waals surface area contributed by atoms with Gasteiger partial charge in [-0.2, -0.15) is 0 Å². The van der Waals surface area contributed by atoms with Crippen LogP contribution in [0.15, 0.2) is 42.5 Å². The van der Waals surface area contributed by atoms with E-state index < -0.39 is 0 Å². The quantitative estimate of drug-likeness (QED) is 0.679. The average molecular weight is 339 g/mol. The lowest BCUT2D eigenvalue weighted by atomic mass is 9.92. The number of hydrazine groups is 1. The Kier molecular flexibility index (Phi) is 6.08. The van der Waals surface area contributed by atoms with Gasteiger partial charge >= 0.3 is 0 Å². The van der Waals surface area contributed by atoms with Gasteiger partial charge in [0.15, 0.2) is 0 Å². The fourth-order valence-corrected chi connectivity index (χ4v) is 3.35. The Morgan fingerprint density at radius 2 is 1.88 bits per heavy atom. The Morgan fingerprint density at radius 1 is 1.08 bits per heavy atom. The molecule has 0 amide bonds. The van der Waals surface area contributed by atoms with Crippen molar-refractivity contribution in [1.82, 2.24) is 16.2 Å². The van der Waals surface area contributed by atoms with Crippen LogP contribution in [0.3, 0.4) is 0 Å². The molecule has 1 heterocycles. The highest BCUT2D eigenvalue weighted by Gasteiger charge is 2.27. The molecule has 1 fully saturated rings. The van der Waals surface area contributed by atoms with Crippen molar-refractivity contribution in [3.05, 3.63) is 64.7 Å². The van der Waals surface area contributed by atoms with Gasteiger partial charge in [0.25, 0.3) is 0 Å². The van der Waals surface area contributed by atoms with Gasteiger partial charge in [0.2, 0.25) is 0 Å². The second-order valence-electron chi connectivity index (χ2n) is 6.91. The molecule has 25 heavy (non-hydrogen) atoms. The van der Waals surface area contributed by atoms with Crippen molar-refractivity contribution in [3.8, 4) is 5.75 Å². The molecule has 0 aliphatic carbocycles. The fraction of sp³-hybridized carbons (Fsp3) is 0.429. The molecule has 0 aromatic heterocycles. The zero-order valence-corrected chi connectivity index (χ0v) is 15.4. The van der Waals surface area contributed by atoms with Crippen molar-refractivity contribution in [2.24, 2.45) is 5.92 Å². The molecule has 2 aromatic carbocycles. The molecular formula is C21H29N3O. The molecule has 134 valence electrons. The Bertz CT molecular complexity index is 684. The van der Waals surface area contributed by atoms with Crippen LogP contribution >= 0.6 is 0 Å². The highest BCUT2D eigenvalue weighted by atomic mass is 16.5. The van der Waals surface area contributed by atoms with Crippen molar-refractivity contribution in [2.45, 2.75) is 26.3 Å². The number of hydrogen-bond donors (Lipinski definition) is 3. The summed E-state index contributed by atoms with van der Waals surface area (Å²) in [6.45, 7) is 7.34. The summed E-state index contributed by atoms with van der Waals surface area (Å²) in [4.78, 5) is 0. The first-order chi connectivity index (χ1) is 12.2. The van der Waals surface area contributed by atoms with Gasteiger partial charge in [-0.25, -0.2) is 5.43 Å². The lowest BCUT2D eigenvalue weighted by molar-refractivity contribution is 0.414. The molecule has 0 bridgehead atoms. The molecule has 1 aliphatic heterocycles. The molecule has 0 spiro atoms. The minimum Gasteiger partial charge on any atom is -0.497 e. The standard InChI is InChI=1S/C21H29N3O/c1-15-4-7-18(12-16(15)2)21-19(14-23-24-21)13-22-11-10-17-5-8-20(25-3)9-6-17/h4-9,12,19,21-24H,10-11,13-14H2,1-3H3. The Morgan fingerprint density at radius 3 is 2.60 bits per heavy atom. The summed E-state index contributed by atoms with van der Waals surface area (Å²) in [5.74, 6) is 1.47. The smallest absolute Gasteiger partial charge is 0.118 e. The molecule has 3 N–H and O–H groups in total. The largest absolute Gasteiger partial charge is 0.497 e. The van der Waals surface area contributed by atoms with Crippen molar-refractivity contribution >= 4 is 0 Å². The SMILES string of the molecule is COc1ccc(CCNCC2CNNC2c2ccc(C)c(C)c2)cc1. The van der Waals surface area contributed by atoms with Gasteiger partial charge in [-0.1, -0.05) is 30.3 Å². The predicted octanol–water partition coefficient (Wildman–Crippen LogP) is 2.91. The topological polar surface area (TPSA) is 45.3 Å². The molecule has 2 atom stereocenters. The van der Waals surface area contributed by atoms with Crippen molar-refractivity contribution in [3.63, 3.8) is 0 Å². The first kappa shape index (κ1) is 17.9. The van der Waals surface area contributed by atoms with E-state index in [-0.39, 0.29) is 0 Å². The third-order valence-corrected chi connectivity index (χ3v) is 5.14. The summed E-state index contributed by atoms with van der Waals surface area (Å²) in [6, 6.07) is 15.5. The lowest BCUT2D eigenvalue weighted by Crippen LogP contribution is -2.30. The average Bonchev–Trinajstić information content (AvgIpc) is 3.10. The van der Waals surface area contributed by atoms with E-state index in [1.165, 1.54) is 22.3 Å². The van der Waals surface area contributed by atoms with Gasteiger partial charge < -0.3 is 10.1 Å². The maximum Gasteiger partial charge on any atom is 0.118 e. The van der Waals surface area contributed by atoms with Gasteiger partial charge in [0.05, 0.1) is 13.2 Å². The van der Waals surface area contributed by atoms with E-state index >= 15 is 0 Å². The number of methoxy groups -OCH3 is 1. The number of ether oxygens (including phenoxy) is 1. The normalized spacial score (nSPS) is 20.0. The summed E-state index contributed by atoms with van der Waals surface area (Å²) in [5.41, 5.74) is 12.2. The Hall–Kier alpha value is -1.88. The first-order valence-electron chi connectivity index (χ1n) is 9.06. The number of aryl methyl sites for hydroxylation is 2. The third-order valence-electron chi connectivity index (χ3n) is 5.14. The zero-order valence-electron chi connectivity index (χ0n) is 15.4. The molecule has 3 rings (SSSR count). The van der Waals surface area contributed by atoms with Crippen LogP contribution in [-0.4, -0.2) is 26.7 Å². The van der Waals surface area contributed by atoms with Gasteiger partial charge in [-0.15, -0.1) is 0 Å². The summed E-state index contributed by atoms with van der Waals surface area (Å²) in [5, 5.41) is 3.62. The molecular weight excluding hydrogens is 310 g/mol. The monoisotopic (exact) mass is 339 g/mol. The number of nitrogens with one attached hydrogen (secondary N) is 3. The van der Waals surface area contributed by atoms with Gasteiger partial charge in [0, 0.05) is 19.0 Å². The van der Waals surface area contributed by atoms with Crippen molar-refractivity contribution in [2.75, 3.05) is 26.7 Å². The first-order valence-corrected chi connectivity index (χ1v) is 9.06. The maximum atomic E-state index is 5.20. The lowest BCUT2D eigenvalue weighted by Gasteiger charge is -2.20. The molecule has 0 saturated carbocycles. The van der Waals surface area contributed by atoms with Crippen LogP contribution in [0.1, 0.15) is 28.3 Å². The highest BCUT2D eigenvalue weighted by Crippen LogP contribution is 2.26. The summed E-state index contributed by atoms with van der Waals surface area (Å²) in [6.07, 6.45) is 1.03. The molecule has 2 aromatic rings. The predicted molar refractivity (Wildman–Crippen MR) is 103 cm³/mol. The molecule has 4 heteroatoms. The molecule has 1 aliphatic rings. The number of hydrogen-bond acceptors (Lipinski definition) is 4. The van der Waals surface area contributed by atoms with E-state index in [0.29, 0.717) is 12.0 Å². The Labute approximate surface area is 151 Å². The summed E-state index contributed by atoms with van der Waals surface area (Å²) < 4.78 is 5.20. The number of benzene rings is 2. The zero-order chi connectivity index (χ0) is 17.6. The van der Waals surface area contributed by atoms with Gasteiger partial charge in [-0.05, 0) is 61.2 Å². The van der Waals surface area contributed by atoms with Crippen LogP contribution in [0.2, 0.25) is 0 Å². The minimum atomic E-state index is 0.368. The minimum absolute atomic E-state index is 0.368. The number of rotatable bonds is 7. The van der Waals surface area contributed by atoms with E-state index in [0.717, 1.165) is 31.8 Å². The fourth-order valence-electron chi connectivity index (χ4n) is 3.35. The second-order valence-corrected chi connectivity index (χ2v) is 6.91. The van der Waals surface area contributed by atoms with Gasteiger partial charge in [-0.3, -0.25) is 5.43 Å². The van der Waals surface area contributed by atoms with Crippen LogP contribution in [-0.2, 0) is 6.42 Å². The summed E-state index contributed by atoms with van der Waals surface area (Å²) >= 11 is 0. The molecule has 4 nitrogen and oxygen atoms in total. The van der Waals surface area contributed by atoms with Crippen LogP contribution in [0.25, 0.3) is 0 Å². The molecule has 0 radical (unpaired) electrons. The third kappa shape index (κ3) is 4.60. The van der Waals surface area contributed by atoms with E-state index in [2.05, 4.69) is 60.3 Å². The Balaban J connectivity index is 1.49. The van der Waals surface area contributed by atoms with E-state index in [1.54, 1.807) is 7.11 Å². The maximum absolute atomic E-state index is 5.20. The van der Waals surface area contributed by atoms with Crippen LogP contribution in [0.4, 0.5) is 0 Å². The van der Waals surface area contributed by atoms with Crippen LogP contribution in [0, 0.1) is 19.8 Å². The highest BCUT2D eigenvalue weighted by molar-refractivity contribution is 5.32. The van der Waals surface area contributed by atoms with E-state index in [9.17, 15) is 0 Å². The second kappa shape index (κ2) is 8.48. The van der Waals surface area contributed by atoms with Crippen molar-refractivity contribution < 1.29 is 4.74 Å². The van der Waals surface area contributed by atoms with E-state index in [4.69, 9.17) is 4.74 Å². The van der Waals surface area contributed by atoms with Crippen LogP contribution in [0.5, 0.6) is 5.75 Å². The summed E-state index contributed by atoms with van der Waals surface area (Å²) in [7, 11) is 1.70. The molecule has 1 saturated heterocycles. The van der Waals surface area contributed by atoms with E-state index in [1.807, 2.05) is 12.1 Å². The molecule has 2 unspecified atom stereocenters. The van der Waals surface area contributed by atoms with Crippen LogP contribution < -0.4 is 20.9 Å².